The van der Waals surface area contributed by atoms with Crippen molar-refractivity contribution in [2.45, 2.75) is 31.5 Å². The molecule has 2 aromatic rings. The fraction of sp³-hybridized carbons (Fsp3) is 0.389. The van der Waals surface area contributed by atoms with Gasteiger partial charge >= 0.3 is 5.97 Å². The summed E-state index contributed by atoms with van der Waals surface area (Å²) in [6.45, 7) is 2.40. The van der Waals surface area contributed by atoms with Crippen molar-refractivity contribution in [3.63, 3.8) is 0 Å². The molecular formula is C18H20N2O3. The Kier molecular flexibility index (Phi) is 2.95. The average Bonchev–Trinajstić information content (AvgIpc) is 2.78. The van der Waals surface area contributed by atoms with Gasteiger partial charge in [0.05, 0.1) is 5.60 Å². The van der Waals surface area contributed by atoms with E-state index in [0.717, 1.165) is 28.5 Å². The fourth-order valence-corrected chi connectivity index (χ4v) is 4.17. The first kappa shape index (κ1) is 14.5. The van der Waals surface area contributed by atoms with Crippen LogP contribution in [0.2, 0.25) is 0 Å². The smallest absolute Gasteiger partial charge is 0.323 e. The predicted octanol–water partition coefficient (Wildman–Crippen LogP) is 1.73. The standard InChI is InChI=1S/C18H20N2O3/c1-18(23)7-13-12-4-3-5-14-17(12)11(6-15(13)19(2)10-18)8-20(14)9-16(21)22/h3-5,7-8,15,23H,6,9-10H2,1-2H3,(H,21,22)/t15-,18+/m1/s1. The highest BCUT2D eigenvalue weighted by atomic mass is 16.4. The maximum absolute atomic E-state index is 11.1. The minimum Gasteiger partial charge on any atom is -0.480 e. The van der Waals surface area contributed by atoms with E-state index in [1.54, 1.807) is 0 Å². The number of likely N-dealkylation sites (N-methyl/N-ethyl adjacent to an activating group) is 1. The lowest BCUT2D eigenvalue weighted by molar-refractivity contribution is -0.137. The quantitative estimate of drug-likeness (QED) is 0.886. The predicted molar refractivity (Wildman–Crippen MR) is 88.3 cm³/mol. The molecule has 0 saturated carbocycles. The topological polar surface area (TPSA) is 65.7 Å². The molecule has 4 rings (SSSR count). The molecule has 1 aromatic heterocycles. The minimum absolute atomic E-state index is 0.0305. The highest BCUT2D eigenvalue weighted by Gasteiger charge is 2.37. The van der Waals surface area contributed by atoms with E-state index in [1.807, 2.05) is 42.9 Å². The molecule has 0 unspecified atom stereocenters. The van der Waals surface area contributed by atoms with Crippen molar-refractivity contribution < 1.29 is 15.0 Å². The molecule has 1 aliphatic carbocycles. The zero-order valence-electron chi connectivity index (χ0n) is 13.3. The number of hydrogen-bond donors (Lipinski definition) is 2. The minimum atomic E-state index is -0.843. The summed E-state index contributed by atoms with van der Waals surface area (Å²) in [5, 5.41) is 20.8. The van der Waals surface area contributed by atoms with Crippen LogP contribution in [0.4, 0.5) is 0 Å². The summed E-state index contributed by atoms with van der Waals surface area (Å²) in [4.78, 5) is 13.3. The van der Waals surface area contributed by atoms with Gasteiger partial charge in [-0.1, -0.05) is 12.1 Å². The molecule has 0 saturated heterocycles. The van der Waals surface area contributed by atoms with E-state index in [2.05, 4.69) is 11.0 Å². The van der Waals surface area contributed by atoms with Gasteiger partial charge in [-0.15, -0.1) is 0 Å². The highest BCUT2D eigenvalue weighted by molar-refractivity contribution is 5.99. The normalized spacial score (nSPS) is 26.9. The van der Waals surface area contributed by atoms with Gasteiger partial charge in [-0.25, -0.2) is 0 Å². The number of aliphatic carboxylic acids is 1. The Bertz CT molecular complexity index is 847. The second-order valence-electron chi connectivity index (χ2n) is 6.97. The van der Waals surface area contributed by atoms with Crippen molar-refractivity contribution in [2.75, 3.05) is 13.6 Å². The number of carboxylic acid groups (broad SMARTS) is 1. The van der Waals surface area contributed by atoms with Gasteiger partial charge in [-0.05, 0) is 49.2 Å². The molecule has 2 heterocycles. The number of rotatable bonds is 2. The molecule has 1 aliphatic heterocycles. The number of carbonyl (C=O) groups is 1. The summed E-state index contributed by atoms with van der Waals surface area (Å²) in [5.41, 5.74) is 3.56. The number of aliphatic hydroxyl groups is 1. The van der Waals surface area contributed by atoms with Crippen LogP contribution in [-0.2, 0) is 17.8 Å². The Morgan fingerprint density at radius 2 is 2.22 bits per heavy atom. The van der Waals surface area contributed by atoms with E-state index in [0.29, 0.717) is 6.54 Å². The number of benzene rings is 1. The molecule has 2 aliphatic rings. The number of nitrogens with zero attached hydrogens (tertiary/aromatic N) is 2. The molecule has 0 amide bonds. The summed E-state index contributed by atoms with van der Waals surface area (Å²) < 4.78 is 1.81. The van der Waals surface area contributed by atoms with Crippen LogP contribution in [0, 0.1) is 0 Å². The highest BCUT2D eigenvalue weighted by Crippen LogP contribution is 2.42. The number of carboxylic acids is 1. The monoisotopic (exact) mass is 312 g/mol. The van der Waals surface area contributed by atoms with Gasteiger partial charge in [0.2, 0.25) is 0 Å². The van der Waals surface area contributed by atoms with Gasteiger partial charge in [0.25, 0.3) is 0 Å². The van der Waals surface area contributed by atoms with Gasteiger partial charge in [0.1, 0.15) is 6.54 Å². The first-order chi connectivity index (χ1) is 10.9. The van der Waals surface area contributed by atoms with Gasteiger partial charge in [0.15, 0.2) is 0 Å². The average molecular weight is 312 g/mol. The third-order valence-electron chi connectivity index (χ3n) is 4.94. The van der Waals surface area contributed by atoms with E-state index in [4.69, 9.17) is 5.11 Å². The number of fused-ring (bicyclic) bond motifs is 2. The van der Waals surface area contributed by atoms with Crippen LogP contribution in [0.3, 0.4) is 0 Å². The molecule has 2 atom stereocenters. The third-order valence-corrected chi connectivity index (χ3v) is 4.94. The van der Waals surface area contributed by atoms with Crippen LogP contribution in [0.25, 0.3) is 16.5 Å². The van der Waals surface area contributed by atoms with Crippen molar-refractivity contribution in [1.82, 2.24) is 9.47 Å². The Balaban J connectivity index is 1.96. The second-order valence-corrected chi connectivity index (χ2v) is 6.97. The molecule has 0 fully saturated rings. The largest absolute Gasteiger partial charge is 0.480 e. The fourth-order valence-electron chi connectivity index (χ4n) is 4.17. The summed E-state index contributed by atoms with van der Waals surface area (Å²) in [7, 11) is 2.03. The van der Waals surface area contributed by atoms with Crippen molar-refractivity contribution in [3.8, 4) is 0 Å². The van der Waals surface area contributed by atoms with E-state index in [1.165, 1.54) is 5.56 Å². The maximum atomic E-state index is 11.1. The van der Waals surface area contributed by atoms with Crippen LogP contribution in [-0.4, -0.2) is 50.9 Å². The van der Waals surface area contributed by atoms with Crippen molar-refractivity contribution >= 4 is 22.4 Å². The lowest BCUT2D eigenvalue weighted by Crippen LogP contribution is -2.49. The molecule has 0 radical (unpaired) electrons. The Labute approximate surface area is 134 Å². The Morgan fingerprint density at radius 1 is 1.43 bits per heavy atom. The van der Waals surface area contributed by atoms with Crippen LogP contribution in [0.5, 0.6) is 0 Å². The first-order valence-corrected chi connectivity index (χ1v) is 7.84. The summed E-state index contributed by atoms with van der Waals surface area (Å²) in [6, 6.07) is 6.24. The zero-order chi connectivity index (χ0) is 16.4. The van der Waals surface area contributed by atoms with Crippen LogP contribution >= 0.6 is 0 Å². The molecule has 0 spiro atoms. The van der Waals surface area contributed by atoms with E-state index >= 15 is 0 Å². The van der Waals surface area contributed by atoms with Crippen LogP contribution < -0.4 is 0 Å². The molecule has 5 nitrogen and oxygen atoms in total. The molecule has 2 N–H and O–H groups in total. The Hall–Kier alpha value is -2.11. The van der Waals surface area contributed by atoms with E-state index in [-0.39, 0.29) is 12.6 Å². The Morgan fingerprint density at radius 3 is 2.96 bits per heavy atom. The van der Waals surface area contributed by atoms with E-state index in [9.17, 15) is 9.90 Å². The van der Waals surface area contributed by atoms with Gasteiger partial charge in [0, 0.05) is 29.7 Å². The molecule has 120 valence electrons. The molecular weight excluding hydrogens is 292 g/mol. The van der Waals surface area contributed by atoms with Crippen LogP contribution in [0.15, 0.2) is 30.5 Å². The summed E-state index contributed by atoms with van der Waals surface area (Å²) >= 11 is 0. The zero-order valence-corrected chi connectivity index (χ0v) is 13.3. The van der Waals surface area contributed by atoms with Crippen molar-refractivity contribution in [1.29, 1.82) is 0 Å². The number of aromatic nitrogens is 1. The van der Waals surface area contributed by atoms with E-state index < -0.39 is 11.6 Å². The van der Waals surface area contributed by atoms with Gasteiger partial charge in [-0.2, -0.15) is 0 Å². The molecule has 1 aromatic carbocycles. The second kappa shape index (κ2) is 4.69. The summed E-state index contributed by atoms with van der Waals surface area (Å²) in [5.74, 6) is -0.838. The van der Waals surface area contributed by atoms with Gasteiger partial charge in [-0.3, -0.25) is 9.69 Å². The third kappa shape index (κ3) is 2.19. The van der Waals surface area contributed by atoms with Crippen molar-refractivity contribution in [3.05, 3.63) is 41.6 Å². The van der Waals surface area contributed by atoms with Crippen molar-refractivity contribution in [2.24, 2.45) is 0 Å². The molecule has 0 bridgehead atoms. The number of hydrogen-bond acceptors (Lipinski definition) is 3. The lowest BCUT2D eigenvalue weighted by Gasteiger charge is -2.42. The van der Waals surface area contributed by atoms with Gasteiger partial charge < -0.3 is 14.8 Å². The summed E-state index contributed by atoms with van der Waals surface area (Å²) in [6.07, 6.45) is 4.79. The first-order valence-electron chi connectivity index (χ1n) is 7.84. The van der Waals surface area contributed by atoms with Crippen LogP contribution in [0.1, 0.15) is 18.1 Å². The molecule has 5 heteroatoms. The SMILES string of the molecule is CN1C[C@@](C)(O)C=C2c3cccc4c3c(cn4CC(=O)O)C[C@H]21. The maximum Gasteiger partial charge on any atom is 0.323 e. The lowest BCUT2D eigenvalue weighted by atomic mass is 9.79. The molecule has 23 heavy (non-hydrogen) atoms. The number of β-amino-alcohol motifs (C(OH)–C–C–N with tert-alkyl or cyclic N) is 1.